The lowest BCUT2D eigenvalue weighted by Gasteiger charge is -2.19. The molecule has 0 aliphatic rings. The van der Waals surface area contributed by atoms with Crippen LogP contribution in [-0.2, 0) is 20.0 Å². The Hall–Kier alpha value is -1.71. The van der Waals surface area contributed by atoms with E-state index in [0.717, 1.165) is 0 Å². The Balaban J connectivity index is 3.67. The van der Waals surface area contributed by atoms with Crippen molar-refractivity contribution in [2.45, 2.75) is 39.5 Å². The van der Waals surface area contributed by atoms with Gasteiger partial charge in [-0.25, -0.2) is 28.1 Å². The molecule has 18 heavy (non-hydrogen) atoms. The molecule has 1 rings (SSSR count). The highest BCUT2D eigenvalue weighted by Gasteiger charge is 2.20. The minimum absolute atomic E-state index is 0.370. The Kier molecular flexibility index (Phi) is 3.89. The van der Waals surface area contributed by atoms with E-state index < -0.39 is 36.1 Å². The summed E-state index contributed by atoms with van der Waals surface area (Å²) in [6.07, 6.45) is 0. The van der Waals surface area contributed by atoms with Gasteiger partial charge in [0, 0.05) is 0 Å². The van der Waals surface area contributed by atoms with Crippen LogP contribution in [0.2, 0.25) is 0 Å². The van der Waals surface area contributed by atoms with E-state index in [9.17, 15) is 19.5 Å². The molecule has 0 unspecified atom stereocenters. The molecule has 0 saturated heterocycles. The molecule has 0 atom stereocenters. The van der Waals surface area contributed by atoms with Gasteiger partial charge in [0.15, 0.2) is 0 Å². The van der Waals surface area contributed by atoms with Crippen LogP contribution in [-0.4, -0.2) is 34.6 Å². The summed E-state index contributed by atoms with van der Waals surface area (Å²) in [5.74, 6) is 0. The Morgan fingerprint density at radius 2 is 1.22 bits per heavy atom. The number of aromatic nitrogens is 3. The van der Waals surface area contributed by atoms with E-state index in [2.05, 4.69) is 0 Å². The first kappa shape index (κ1) is 14.4. The van der Waals surface area contributed by atoms with Gasteiger partial charge in [-0.3, -0.25) is 0 Å². The van der Waals surface area contributed by atoms with Crippen molar-refractivity contribution in [3.8, 4) is 0 Å². The van der Waals surface area contributed by atoms with Crippen LogP contribution in [0.4, 0.5) is 0 Å². The van der Waals surface area contributed by atoms with E-state index in [1.165, 1.54) is 13.8 Å². The summed E-state index contributed by atoms with van der Waals surface area (Å²) < 4.78 is 1.33. The summed E-state index contributed by atoms with van der Waals surface area (Å²) in [5.41, 5.74) is -4.56. The van der Waals surface area contributed by atoms with E-state index in [0.29, 0.717) is 13.7 Å². The van der Waals surface area contributed by atoms with E-state index in [-0.39, 0.29) is 6.54 Å². The van der Waals surface area contributed by atoms with Gasteiger partial charge in [-0.1, -0.05) is 0 Å². The summed E-state index contributed by atoms with van der Waals surface area (Å²) in [4.78, 5) is 35.0. The predicted octanol–water partition coefficient (Wildman–Crippen LogP) is -3.16. The largest absolute Gasteiger partial charge is 0.389 e. The van der Waals surface area contributed by atoms with Gasteiger partial charge < -0.3 is 15.3 Å². The third-order valence-electron chi connectivity index (χ3n) is 2.21. The average molecular weight is 261 g/mol. The smallest absolute Gasteiger partial charge is 0.340 e. The van der Waals surface area contributed by atoms with Gasteiger partial charge in [-0.15, -0.1) is 0 Å². The predicted molar refractivity (Wildman–Crippen MR) is 60.0 cm³/mol. The maximum Gasteiger partial charge on any atom is 0.340 e. The molecule has 0 bridgehead atoms. The van der Waals surface area contributed by atoms with Gasteiger partial charge in [0.2, 0.25) is 0 Å². The molecule has 0 aromatic carbocycles. The molecule has 0 aliphatic carbocycles. The summed E-state index contributed by atoms with van der Waals surface area (Å²) in [5, 5.41) is 27.4. The van der Waals surface area contributed by atoms with Crippen LogP contribution >= 0.6 is 0 Å². The first-order valence-corrected chi connectivity index (χ1v) is 5.11. The van der Waals surface area contributed by atoms with Crippen LogP contribution in [0.25, 0.3) is 0 Å². The van der Waals surface area contributed by atoms with Gasteiger partial charge in [0.05, 0.1) is 12.1 Å². The highest BCUT2D eigenvalue weighted by Crippen LogP contribution is 2.01. The first-order valence-electron chi connectivity index (χ1n) is 5.11. The van der Waals surface area contributed by atoms with Crippen molar-refractivity contribution in [2.24, 2.45) is 0 Å². The Morgan fingerprint density at radius 1 is 0.889 bits per heavy atom. The second-order valence-electron chi connectivity index (χ2n) is 4.39. The molecule has 102 valence electrons. The fraction of sp³-hybridized carbons (Fsp3) is 0.667. The van der Waals surface area contributed by atoms with Crippen molar-refractivity contribution in [1.29, 1.82) is 0 Å². The summed E-state index contributed by atoms with van der Waals surface area (Å²) >= 11 is 0. The fourth-order valence-corrected chi connectivity index (χ4v) is 1.45. The number of aliphatic hydroxyl groups excluding tert-OH is 2. The van der Waals surface area contributed by atoms with Gasteiger partial charge >= 0.3 is 17.1 Å². The van der Waals surface area contributed by atoms with Crippen LogP contribution in [0.1, 0.15) is 13.8 Å². The number of hydrogen-bond acceptors (Lipinski definition) is 6. The lowest BCUT2D eigenvalue weighted by Crippen LogP contribution is -2.56. The van der Waals surface area contributed by atoms with Crippen molar-refractivity contribution >= 4 is 0 Å². The maximum atomic E-state index is 11.7. The summed E-state index contributed by atoms with van der Waals surface area (Å²) in [6.45, 7) is 0.520. The SMILES string of the molecule is CC(C)(O)Cn1c(=O)n(CO)c(=O)n(CO)c1=O. The van der Waals surface area contributed by atoms with Crippen molar-refractivity contribution < 1.29 is 15.3 Å². The molecule has 1 heterocycles. The monoisotopic (exact) mass is 261 g/mol. The van der Waals surface area contributed by atoms with Crippen LogP contribution in [0.15, 0.2) is 14.4 Å². The fourth-order valence-electron chi connectivity index (χ4n) is 1.45. The first-order chi connectivity index (χ1) is 8.22. The zero-order valence-electron chi connectivity index (χ0n) is 10.0. The standard InChI is InChI=1S/C9H15N3O6/c1-9(2,18)3-10-6(15)11(4-13)8(17)12(5-14)7(10)16/h13-14,18H,3-5H2,1-2H3. The lowest BCUT2D eigenvalue weighted by atomic mass is 10.1. The molecular weight excluding hydrogens is 246 g/mol. The van der Waals surface area contributed by atoms with Gasteiger partial charge in [0.25, 0.3) is 0 Å². The molecule has 1 aromatic heterocycles. The minimum atomic E-state index is -1.37. The quantitative estimate of drug-likeness (QED) is 0.525. The van der Waals surface area contributed by atoms with Crippen LogP contribution in [0, 0.1) is 0 Å². The van der Waals surface area contributed by atoms with E-state index in [1.807, 2.05) is 0 Å². The van der Waals surface area contributed by atoms with Crippen molar-refractivity contribution in [1.82, 2.24) is 13.7 Å². The minimum Gasteiger partial charge on any atom is -0.389 e. The maximum absolute atomic E-state index is 11.7. The van der Waals surface area contributed by atoms with Crippen LogP contribution in [0.3, 0.4) is 0 Å². The third kappa shape index (κ3) is 2.58. The molecule has 9 heteroatoms. The van der Waals surface area contributed by atoms with E-state index >= 15 is 0 Å². The molecular formula is C9H15N3O6. The molecule has 0 amide bonds. The molecule has 0 radical (unpaired) electrons. The Morgan fingerprint density at radius 3 is 1.50 bits per heavy atom. The number of nitrogens with zero attached hydrogens (tertiary/aromatic N) is 3. The molecule has 0 aliphatic heterocycles. The highest BCUT2D eigenvalue weighted by atomic mass is 16.3. The van der Waals surface area contributed by atoms with Gasteiger partial charge in [0.1, 0.15) is 13.5 Å². The zero-order valence-corrected chi connectivity index (χ0v) is 10.0. The van der Waals surface area contributed by atoms with Crippen molar-refractivity contribution in [3.05, 3.63) is 31.5 Å². The Labute approximate surface area is 101 Å². The van der Waals surface area contributed by atoms with Gasteiger partial charge in [-0.2, -0.15) is 0 Å². The van der Waals surface area contributed by atoms with Crippen molar-refractivity contribution in [2.75, 3.05) is 0 Å². The summed E-state index contributed by atoms with van der Waals surface area (Å²) in [6, 6.07) is 0. The van der Waals surface area contributed by atoms with E-state index in [4.69, 9.17) is 10.2 Å². The van der Waals surface area contributed by atoms with Crippen LogP contribution in [0.5, 0.6) is 0 Å². The second-order valence-corrected chi connectivity index (χ2v) is 4.39. The molecule has 1 aromatic rings. The molecule has 0 fully saturated rings. The Bertz CT molecular complexity index is 560. The van der Waals surface area contributed by atoms with Crippen LogP contribution < -0.4 is 17.1 Å². The summed E-state index contributed by atoms with van der Waals surface area (Å²) in [7, 11) is 0. The molecule has 9 nitrogen and oxygen atoms in total. The molecule has 3 N–H and O–H groups in total. The third-order valence-corrected chi connectivity index (χ3v) is 2.21. The number of rotatable bonds is 4. The zero-order chi connectivity index (χ0) is 14.1. The number of aliphatic hydroxyl groups is 3. The molecule has 0 saturated carbocycles. The number of hydrogen-bond donors (Lipinski definition) is 3. The van der Waals surface area contributed by atoms with Gasteiger partial charge in [-0.05, 0) is 13.8 Å². The lowest BCUT2D eigenvalue weighted by molar-refractivity contribution is 0.0543. The van der Waals surface area contributed by atoms with Crippen molar-refractivity contribution in [3.63, 3.8) is 0 Å². The normalized spacial score (nSPS) is 11.8. The van der Waals surface area contributed by atoms with E-state index in [1.54, 1.807) is 0 Å². The second kappa shape index (κ2) is 4.88. The average Bonchev–Trinajstić information content (AvgIpc) is 2.24. The molecule has 0 spiro atoms. The highest BCUT2D eigenvalue weighted by molar-refractivity contribution is 4.80. The topological polar surface area (TPSA) is 127 Å².